The van der Waals surface area contributed by atoms with Crippen LogP contribution in [0.2, 0.25) is 0 Å². The highest BCUT2D eigenvalue weighted by atomic mass is 16.1. The maximum Gasteiger partial charge on any atom is 0.224 e. The van der Waals surface area contributed by atoms with Gasteiger partial charge >= 0.3 is 0 Å². The molecule has 3 aromatic heterocycles. The summed E-state index contributed by atoms with van der Waals surface area (Å²) in [7, 11) is 0. The number of rotatable bonds is 5. The molecule has 1 aliphatic rings. The molecule has 3 N–H and O–H groups in total. The SMILES string of the molecule is CC1C[C@@H]1CC(=O)Nc1cccc(-c2ccnc3[nH]c(-c4ccc5cn[nH]c5c4)cc23)c1. The molecule has 1 unspecified atom stereocenters. The molecule has 158 valence electrons. The molecule has 1 aliphatic carbocycles. The van der Waals surface area contributed by atoms with Crippen molar-refractivity contribution >= 4 is 33.5 Å². The van der Waals surface area contributed by atoms with Gasteiger partial charge in [-0.25, -0.2) is 4.98 Å². The fraction of sp³-hybridized carbons (Fsp3) is 0.192. The number of hydrogen-bond donors (Lipinski definition) is 3. The van der Waals surface area contributed by atoms with Crippen LogP contribution in [0.25, 0.3) is 44.3 Å². The molecule has 0 saturated heterocycles. The molecule has 2 atom stereocenters. The van der Waals surface area contributed by atoms with Gasteiger partial charge in [-0.15, -0.1) is 0 Å². The second-order valence-corrected chi connectivity index (χ2v) is 8.78. The third-order valence-corrected chi connectivity index (χ3v) is 6.47. The minimum atomic E-state index is 0.0921. The first kappa shape index (κ1) is 18.8. The van der Waals surface area contributed by atoms with Gasteiger partial charge in [0.05, 0.1) is 11.7 Å². The Bertz CT molecular complexity index is 1460. The highest BCUT2D eigenvalue weighted by Crippen LogP contribution is 2.40. The molecule has 1 saturated carbocycles. The monoisotopic (exact) mass is 421 g/mol. The summed E-state index contributed by atoms with van der Waals surface area (Å²) in [6.07, 6.45) is 5.40. The Hall–Kier alpha value is -3.93. The van der Waals surface area contributed by atoms with Crippen molar-refractivity contribution in [1.82, 2.24) is 20.2 Å². The number of anilines is 1. The molecule has 1 amide bonds. The fourth-order valence-electron chi connectivity index (χ4n) is 4.44. The molecule has 6 nitrogen and oxygen atoms in total. The third kappa shape index (κ3) is 3.43. The number of nitrogens with one attached hydrogen (secondary N) is 3. The summed E-state index contributed by atoms with van der Waals surface area (Å²) in [5, 5.41) is 12.3. The molecule has 5 aromatic rings. The van der Waals surface area contributed by atoms with Gasteiger partial charge < -0.3 is 10.3 Å². The average Bonchev–Trinajstić information content (AvgIpc) is 3.20. The Kier molecular flexibility index (Phi) is 4.31. The summed E-state index contributed by atoms with van der Waals surface area (Å²) in [5.74, 6) is 1.31. The van der Waals surface area contributed by atoms with E-state index in [1.165, 1.54) is 0 Å². The number of amides is 1. The van der Waals surface area contributed by atoms with Crippen LogP contribution in [0.1, 0.15) is 19.8 Å². The first-order valence-electron chi connectivity index (χ1n) is 11.0. The molecule has 32 heavy (non-hydrogen) atoms. The standard InChI is InChI=1S/C26H23N5O/c1-15-9-19(15)12-25(32)29-20-4-2-3-16(10-20)21-7-8-27-26-22(21)13-23(30-26)17-5-6-18-14-28-31-24(18)11-17/h2-8,10-11,13-15,19H,9,12H2,1H3,(H,27,30)(H,28,31)(H,29,32)/t15?,19-/m1/s1. The molecular weight excluding hydrogens is 398 g/mol. The quantitative estimate of drug-likeness (QED) is 0.337. The number of hydrogen-bond acceptors (Lipinski definition) is 3. The minimum absolute atomic E-state index is 0.0921. The van der Waals surface area contributed by atoms with Crippen molar-refractivity contribution in [1.29, 1.82) is 0 Å². The molecule has 0 spiro atoms. The van der Waals surface area contributed by atoms with Crippen LogP contribution >= 0.6 is 0 Å². The van der Waals surface area contributed by atoms with Crippen molar-refractivity contribution in [2.75, 3.05) is 5.32 Å². The Morgan fingerprint density at radius 2 is 2.03 bits per heavy atom. The molecule has 1 fully saturated rings. The van der Waals surface area contributed by atoms with E-state index in [4.69, 9.17) is 0 Å². The maximum atomic E-state index is 12.4. The van der Waals surface area contributed by atoms with Crippen molar-refractivity contribution in [2.45, 2.75) is 19.8 Å². The summed E-state index contributed by atoms with van der Waals surface area (Å²) >= 11 is 0. The Balaban J connectivity index is 1.33. The summed E-state index contributed by atoms with van der Waals surface area (Å²) < 4.78 is 0. The summed E-state index contributed by atoms with van der Waals surface area (Å²) in [6.45, 7) is 2.20. The summed E-state index contributed by atoms with van der Waals surface area (Å²) in [6, 6.07) is 18.4. The fourth-order valence-corrected chi connectivity index (χ4v) is 4.44. The van der Waals surface area contributed by atoms with Crippen LogP contribution in [0.3, 0.4) is 0 Å². The van der Waals surface area contributed by atoms with Crippen LogP contribution < -0.4 is 5.32 Å². The molecular formula is C26H23N5O. The van der Waals surface area contributed by atoms with Crippen molar-refractivity contribution in [3.05, 3.63) is 67.0 Å². The lowest BCUT2D eigenvalue weighted by atomic mass is 10.0. The smallest absolute Gasteiger partial charge is 0.224 e. The zero-order chi connectivity index (χ0) is 21.7. The van der Waals surface area contributed by atoms with Gasteiger partial charge in [-0.3, -0.25) is 9.89 Å². The van der Waals surface area contributed by atoms with Gasteiger partial charge in [-0.05, 0) is 59.7 Å². The number of aromatic amines is 2. The summed E-state index contributed by atoms with van der Waals surface area (Å²) in [4.78, 5) is 20.4. The van der Waals surface area contributed by atoms with E-state index < -0.39 is 0 Å². The van der Waals surface area contributed by atoms with E-state index in [2.05, 4.69) is 62.7 Å². The number of benzene rings is 2. The Morgan fingerprint density at radius 1 is 1.12 bits per heavy atom. The first-order valence-corrected chi connectivity index (χ1v) is 11.0. The number of pyridine rings is 1. The second-order valence-electron chi connectivity index (χ2n) is 8.78. The van der Waals surface area contributed by atoms with Gasteiger partial charge in [0.15, 0.2) is 0 Å². The maximum absolute atomic E-state index is 12.4. The zero-order valence-electron chi connectivity index (χ0n) is 17.7. The van der Waals surface area contributed by atoms with E-state index in [9.17, 15) is 4.79 Å². The molecule has 6 rings (SSSR count). The van der Waals surface area contributed by atoms with Crippen molar-refractivity contribution in [2.24, 2.45) is 11.8 Å². The van der Waals surface area contributed by atoms with Gasteiger partial charge in [0.25, 0.3) is 0 Å². The molecule has 0 radical (unpaired) electrons. The zero-order valence-corrected chi connectivity index (χ0v) is 17.7. The normalized spacial score (nSPS) is 17.7. The van der Waals surface area contributed by atoms with E-state index in [0.717, 1.165) is 56.4 Å². The lowest BCUT2D eigenvalue weighted by Crippen LogP contribution is -2.12. The molecule has 0 aliphatic heterocycles. The van der Waals surface area contributed by atoms with Crippen molar-refractivity contribution in [3.8, 4) is 22.4 Å². The average molecular weight is 422 g/mol. The van der Waals surface area contributed by atoms with Gasteiger partial charge in [0, 0.05) is 40.3 Å². The van der Waals surface area contributed by atoms with Crippen molar-refractivity contribution in [3.63, 3.8) is 0 Å². The van der Waals surface area contributed by atoms with Crippen LogP contribution in [-0.2, 0) is 4.79 Å². The first-order chi connectivity index (χ1) is 15.6. The largest absolute Gasteiger partial charge is 0.339 e. The van der Waals surface area contributed by atoms with Crippen LogP contribution in [0.15, 0.2) is 67.0 Å². The predicted octanol–water partition coefficient (Wildman–Crippen LogP) is 5.76. The van der Waals surface area contributed by atoms with Gasteiger partial charge in [-0.1, -0.05) is 31.2 Å². The highest BCUT2D eigenvalue weighted by Gasteiger charge is 2.34. The van der Waals surface area contributed by atoms with Crippen LogP contribution in [0.4, 0.5) is 5.69 Å². The molecule has 0 bridgehead atoms. The van der Waals surface area contributed by atoms with Gasteiger partial charge in [-0.2, -0.15) is 5.10 Å². The van der Waals surface area contributed by atoms with E-state index in [0.29, 0.717) is 18.3 Å². The minimum Gasteiger partial charge on any atom is -0.339 e. The molecule has 6 heteroatoms. The lowest BCUT2D eigenvalue weighted by molar-refractivity contribution is -0.116. The highest BCUT2D eigenvalue weighted by molar-refractivity contribution is 5.98. The molecule has 2 aromatic carbocycles. The predicted molar refractivity (Wildman–Crippen MR) is 127 cm³/mol. The van der Waals surface area contributed by atoms with Crippen LogP contribution in [0, 0.1) is 11.8 Å². The molecule has 3 heterocycles. The second kappa shape index (κ2) is 7.34. The van der Waals surface area contributed by atoms with E-state index in [-0.39, 0.29) is 5.91 Å². The van der Waals surface area contributed by atoms with Crippen LogP contribution in [-0.4, -0.2) is 26.1 Å². The summed E-state index contributed by atoms with van der Waals surface area (Å²) in [5.41, 5.74) is 6.85. The van der Waals surface area contributed by atoms with E-state index in [1.807, 2.05) is 36.7 Å². The number of carbonyl (C=O) groups excluding carboxylic acids is 1. The number of nitrogens with zero attached hydrogens (tertiary/aromatic N) is 2. The van der Waals surface area contributed by atoms with E-state index >= 15 is 0 Å². The Morgan fingerprint density at radius 3 is 2.91 bits per heavy atom. The van der Waals surface area contributed by atoms with E-state index in [1.54, 1.807) is 0 Å². The number of carbonyl (C=O) groups is 1. The number of fused-ring (bicyclic) bond motifs is 2. The van der Waals surface area contributed by atoms with Crippen LogP contribution in [0.5, 0.6) is 0 Å². The van der Waals surface area contributed by atoms with Gasteiger partial charge in [0.1, 0.15) is 5.65 Å². The van der Waals surface area contributed by atoms with Crippen molar-refractivity contribution < 1.29 is 4.79 Å². The Labute approximate surface area is 185 Å². The number of H-pyrrole nitrogens is 2. The topological polar surface area (TPSA) is 86.5 Å². The number of aromatic nitrogens is 4. The lowest BCUT2D eigenvalue weighted by Gasteiger charge is -2.08. The third-order valence-electron chi connectivity index (χ3n) is 6.47. The van der Waals surface area contributed by atoms with Gasteiger partial charge in [0.2, 0.25) is 5.91 Å².